The van der Waals surface area contributed by atoms with E-state index in [1.54, 1.807) is 0 Å². The summed E-state index contributed by atoms with van der Waals surface area (Å²) in [5.41, 5.74) is 6.58. The van der Waals surface area contributed by atoms with Crippen molar-refractivity contribution >= 4 is 0 Å². The van der Waals surface area contributed by atoms with Gasteiger partial charge >= 0.3 is 0 Å². The van der Waals surface area contributed by atoms with Gasteiger partial charge < -0.3 is 5.73 Å². The van der Waals surface area contributed by atoms with E-state index in [4.69, 9.17) is 5.73 Å². The van der Waals surface area contributed by atoms with E-state index in [9.17, 15) is 0 Å². The van der Waals surface area contributed by atoms with Gasteiger partial charge in [0, 0.05) is 31.2 Å². The van der Waals surface area contributed by atoms with Crippen molar-refractivity contribution in [3.8, 4) is 0 Å². The first-order valence-corrected chi connectivity index (χ1v) is 8.93. The smallest absolute Gasteiger partial charge is 0.0332 e. The van der Waals surface area contributed by atoms with Gasteiger partial charge in [-0.3, -0.25) is 9.80 Å². The average Bonchev–Trinajstić information content (AvgIpc) is 3.00. The second-order valence-corrected chi connectivity index (χ2v) is 7.60. The van der Waals surface area contributed by atoms with Crippen molar-refractivity contribution in [3.05, 3.63) is 0 Å². The summed E-state index contributed by atoms with van der Waals surface area (Å²) >= 11 is 0. The van der Waals surface area contributed by atoms with E-state index in [0.717, 1.165) is 18.5 Å². The number of nitrogens with zero attached hydrogens (tertiary/aromatic N) is 2. The second-order valence-electron chi connectivity index (χ2n) is 7.60. The Labute approximate surface area is 124 Å². The minimum Gasteiger partial charge on any atom is -0.329 e. The lowest BCUT2D eigenvalue weighted by Crippen LogP contribution is -2.55. The number of hydrogen-bond donors (Lipinski definition) is 1. The SMILES string of the molecule is CC1CCC(CN)(N2CCC(N3CCCCC3)C2)CC1. The summed E-state index contributed by atoms with van der Waals surface area (Å²) in [5, 5.41) is 0. The van der Waals surface area contributed by atoms with Crippen LogP contribution in [-0.4, -0.2) is 54.1 Å². The number of hydrogen-bond acceptors (Lipinski definition) is 3. The predicted molar refractivity (Wildman–Crippen MR) is 84.8 cm³/mol. The number of likely N-dealkylation sites (tertiary alicyclic amines) is 2. The molecule has 1 unspecified atom stereocenters. The quantitative estimate of drug-likeness (QED) is 0.861. The second kappa shape index (κ2) is 6.33. The summed E-state index contributed by atoms with van der Waals surface area (Å²) in [4.78, 5) is 5.54. The summed E-state index contributed by atoms with van der Waals surface area (Å²) in [7, 11) is 0. The lowest BCUT2D eigenvalue weighted by molar-refractivity contribution is 0.0555. The van der Waals surface area contributed by atoms with Crippen LogP contribution in [0.5, 0.6) is 0 Å². The lowest BCUT2D eigenvalue weighted by atomic mass is 9.76. The van der Waals surface area contributed by atoms with Crippen molar-refractivity contribution in [1.29, 1.82) is 0 Å². The van der Waals surface area contributed by atoms with Crippen molar-refractivity contribution in [2.75, 3.05) is 32.7 Å². The predicted octanol–water partition coefficient (Wildman–Crippen LogP) is 2.45. The third kappa shape index (κ3) is 2.90. The molecule has 20 heavy (non-hydrogen) atoms. The van der Waals surface area contributed by atoms with Crippen LogP contribution in [0.3, 0.4) is 0 Å². The fourth-order valence-electron chi connectivity index (χ4n) is 4.70. The first-order valence-electron chi connectivity index (χ1n) is 8.93. The molecule has 3 nitrogen and oxygen atoms in total. The van der Waals surface area contributed by atoms with Gasteiger partial charge in [-0.2, -0.15) is 0 Å². The van der Waals surface area contributed by atoms with Crippen LogP contribution < -0.4 is 5.73 Å². The monoisotopic (exact) mass is 279 g/mol. The first kappa shape index (κ1) is 14.8. The van der Waals surface area contributed by atoms with E-state index in [2.05, 4.69) is 16.7 Å². The lowest BCUT2D eigenvalue weighted by Gasteiger charge is -2.46. The molecule has 0 bridgehead atoms. The third-order valence-corrected chi connectivity index (χ3v) is 6.33. The molecular weight excluding hydrogens is 246 g/mol. The molecule has 0 amide bonds. The maximum absolute atomic E-state index is 6.23. The Balaban J connectivity index is 1.60. The highest BCUT2D eigenvalue weighted by Gasteiger charge is 2.42. The van der Waals surface area contributed by atoms with E-state index >= 15 is 0 Å². The molecule has 3 aliphatic rings. The molecule has 0 spiro atoms. The van der Waals surface area contributed by atoms with Crippen molar-refractivity contribution in [1.82, 2.24) is 9.80 Å². The van der Waals surface area contributed by atoms with Gasteiger partial charge in [-0.25, -0.2) is 0 Å². The van der Waals surface area contributed by atoms with Crippen LogP contribution in [0.4, 0.5) is 0 Å². The molecule has 2 N–H and O–H groups in total. The minimum absolute atomic E-state index is 0.344. The highest BCUT2D eigenvalue weighted by molar-refractivity contribution is 5.00. The topological polar surface area (TPSA) is 32.5 Å². The Kier molecular flexibility index (Phi) is 4.68. The Morgan fingerprint density at radius 3 is 2.35 bits per heavy atom. The zero-order valence-corrected chi connectivity index (χ0v) is 13.3. The summed E-state index contributed by atoms with van der Waals surface area (Å²) in [6.45, 7) is 8.52. The van der Waals surface area contributed by atoms with Gasteiger partial charge in [0.2, 0.25) is 0 Å². The van der Waals surface area contributed by atoms with Gasteiger partial charge in [-0.15, -0.1) is 0 Å². The summed E-state index contributed by atoms with van der Waals surface area (Å²) in [6, 6.07) is 0.818. The standard InChI is InChI=1S/C17H33N3/c1-15-5-8-17(14-18,9-6-15)20-12-7-16(13-20)19-10-3-2-4-11-19/h15-16H,2-14,18H2,1H3. The molecule has 0 aromatic heterocycles. The zero-order valence-electron chi connectivity index (χ0n) is 13.3. The number of nitrogens with two attached hydrogens (primary N) is 1. The van der Waals surface area contributed by atoms with E-state index < -0.39 is 0 Å². The molecule has 1 saturated carbocycles. The van der Waals surface area contributed by atoms with Crippen molar-refractivity contribution in [2.45, 2.75) is 69.9 Å². The summed E-state index contributed by atoms with van der Waals surface area (Å²) < 4.78 is 0. The summed E-state index contributed by atoms with van der Waals surface area (Å²) in [5.74, 6) is 0.912. The molecule has 3 rings (SSSR count). The zero-order chi connectivity index (χ0) is 14.0. The van der Waals surface area contributed by atoms with Crippen LogP contribution in [0, 0.1) is 5.92 Å². The molecule has 1 atom stereocenters. The van der Waals surface area contributed by atoms with Crippen molar-refractivity contribution in [3.63, 3.8) is 0 Å². The molecular formula is C17H33N3. The Bertz CT molecular complexity index is 303. The van der Waals surface area contributed by atoms with Crippen LogP contribution in [0.25, 0.3) is 0 Å². The van der Waals surface area contributed by atoms with E-state index in [1.807, 2.05) is 0 Å². The highest BCUT2D eigenvalue weighted by atomic mass is 15.3. The molecule has 0 aromatic rings. The maximum atomic E-state index is 6.23. The highest BCUT2D eigenvalue weighted by Crippen LogP contribution is 2.38. The van der Waals surface area contributed by atoms with E-state index in [-0.39, 0.29) is 0 Å². The molecule has 2 saturated heterocycles. The molecule has 1 aliphatic carbocycles. The van der Waals surface area contributed by atoms with Crippen LogP contribution in [0.2, 0.25) is 0 Å². The minimum atomic E-state index is 0.344. The van der Waals surface area contributed by atoms with E-state index in [0.29, 0.717) is 5.54 Å². The van der Waals surface area contributed by atoms with Gasteiger partial charge in [0.15, 0.2) is 0 Å². The van der Waals surface area contributed by atoms with Crippen LogP contribution in [0.15, 0.2) is 0 Å². The molecule has 2 heterocycles. The van der Waals surface area contributed by atoms with Crippen molar-refractivity contribution in [2.24, 2.45) is 11.7 Å². The molecule has 3 heteroatoms. The Morgan fingerprint density at radius 1 is 1.00 bits per heavy atom. The van der Waals surface area contributed by atoms with E-state index in [1.165, 1.54) is 77.5 Å². The fourth-order valence-corrected chi connectivity index (χ4v) is 4.70. The van der Waals surface area contributed by atoms with Gasteiger partial charge in [-0.1, -0.05) is 13.3 Å². The third-order valence-electron chi connectivity index (χ3n) is 6.33. The fraction of sp³-hybridized carbons (Fsp3) is 1.00. The largest absolute Gasteiger partial charge is 0.329 e. The van der Waals surface area contributed by atoms with Gasteiger partial charge in [0.1, 0.15) is 0 Å². The Hall–Kier alpha value is -0.120. The van der Waals surface area contributed by atoms with Crippen molar-refractivity contribution < 1.29 is 0 Å². The molecule has 2 aliphatic heterocycles. The molecule has 0 aromatic carbocycles. The van der Waals surface area contributed by atoms with Crippen LogP contribution in [0.1, 0.15) is 58.3 Å². The molecule has 3 fully saturated rings. The van der Waals surface area contributed by atoms with Gasteiger partial charge in [0.05, 0.1) is 0 Å². The van der Waals surface area contributed by atoms with Crippen LogP contribution >= 0.6 is 0 Å². The molecule has 0 radical (unpaired) electrons. The maximum Gasteiger partial charge on any atom is 0.0332 e. The first-order chi connectivity index (χ1) is 9.73. The molecule has 116 valence electrons. The van der Waals surface area contributed by atoms with Gasteiger partial charge in [-0.05, 0) is 64.0 Å². The normalized spacial score (nSPS) is 41.1. The Morgan fingerprint density at radius 2 is 1.70 bits per heavy atom. The van der Waals surface area contributed by atoms with Crippen LogP contribution in [-0.2, 0) is 0 Å². The average molecular weight is 279 g/mol. The summed E-state index contributed by atoms with van der Waals surface area (Å²) in [6.07, 6.45) is 11.1. The number of rotatable bonds is 3. The van der Waals surface area contributed by atoms with Gasteiger partial charge in [0.25, 0.3) is 0 Å². The number of piperidine rings is 1.